The zero-order valence-electron chi connectivity index (χ0n) is 18.9. The van der Waals surface area contributed by atoms with E-state index < -0.39 is 24.6 Å². The van der Waals surface area contributed by atoms with Gasteiger partial charge in [0.2, 0.25) is 0 Å². The second kappa shape index (κ2) is 12.3. The van der Waals surface area contributed by atoms with Crippen molar-refractivity contribution in [3.05, 3.63) is 65.4 Å². The van der Waals surface area contributed by atoms with E-state index in [1.54, 1.807) is 24.3 Å². The van der Waals surface area contributed by atoms with Crippen LogP contribution in [-0.4, -0.2) is 49.5 Å². The number of rotatable bonds is 12. The SMILES string of the molecule is O=C(NCCO)/C(=C\c1ccc(OCC(F)(F)F)cc1)NC(=O)c1ccc(OCCC2CC2)cc1. The lowest BCUT2D eigenvalue weighted by molar-refractivity contribution is -0.153. The third-order valence-electron chi connectivity index (χ3n) is 5.09. The Labute approximate surface area is 200 Å². The highest BCUT2D eigenvalue weighted by Crippen LogP contribution is 2.32. The number of aliphatic hydroxyl groups is 1. The number of nitrogens with one attached hydrogen (secondary N) is 2. The minimum Gasteiger partial charge on any atom is -0.494 e. The van der Waals surface area contributed by atoms with Crippen LogP contribution in [0.25, 0.3) is 6.08 Å². The van der Waals surface area contributed by atoms with Gasteiger partial charge in [0.1, 0.15) is 17.2 Å². The third-order valence-corrected chi connectivity index (χ3v) is 5.09. The molecule has 0 saturated heterocycles. The number of halogens is 3. The number of hydrogen-bond donors (Lipinski definition) is 3. The van der Waals surface area contributed by atoms with Crippen LogP contribution in [0.5, 0.6) is 11.5 Å². The Kier molecular flexibility index (Phi) is 9.13. The molecular weight excluding hydrogens is 465 g/mol. The summed E-state index contributed by atoms with van der Waals surface area (Å²) in [6.45, 7) is -1.12. The lowest BCUT2D eigenvalue weighted by Gasteiger charge is -2.12. The Hall–Kier alpha value is -3.53. The van der Waals surface area contributed by atoms with Gasteiger partial charge in [-0.05, 0) is 60.4 Å². The van der Waals surface area contributed by atoms with Gasteiger partial charge in [-0.2, -0.15) is 13.2 Å². The number of carbonyl (C=O) groups is 2. The van der Waals surface area contributed by atoms with E-state index in [4.69, 9.17) is 9.84 Å². The first-order valence-corrected chi connectivity index (χ1v) is 11.2. The zero-order valence-corrected chi connectivity index (χ0v) is 18.9. The first-order valence-electron chi connectivity index (χ1n) is 11.2. The predicted molar refractivity (Wildman–Crippen MR) is 123 cm³/mol. The maximum Gasteiger partial charge on any atom is 0.422 e. The first-order chi connectivity index (χ1) is 16.7. The average Bonchev–Trinajstić information content (AvgIpc) is 3.66. The number of alkyl halides is 3. The monoisotopic (exact) mass is 492 g/mol. The maximum absolute atomic E-state index is 12.7. The summed E-state index contributed by atoms with van der Waals surface area (Å²) < 4.78 is 47.3. The molecule has 35 heavy (non-hydrogen) atoms. The van der Waals surface area contributed by atoms with Crippen molar-refractivity contribution in [2.45, 2.75) is 25.4 Å². The molecule has 1 aliphatic rings. The van der Waals surface area contributed by atoms with Crippen LogP contribution < -0.4 is 20.1 Å². The molecule has 2 amide bonds. The van der Waals surface area contributed by atoms with Crippen LogP contribution in [0.1, 0.15) is 35.2 Å². The van der Waals surface area contributed by atoms with Gasteiger partial charge in [-0.25, -0.2) is 0 Å². The van der Waals surface area contributed by atoms with E-state index >= 15 is 0 Å². The van der Waals surface area contributed by atoms with Crippen LogP contribution in [0.15, 0.2) is 54.2 Å². The minimum atomic E-state index is -4.46. The molecule has 0 unspecified atom stereocenters. The fourth-order valence-electron chi connectivity index (χ4n) is 3.06. The van der Waals surface area contributed by atoms with Gasteiger partial charge in [0.25, 0.3) is 11.8 Å². The average molecular weight is 492 g/mol. The molecule has 10 heteroatoms. The van der Waals surface area contributed by atoms with E-state index in [0.717, 1.165) is 12.3 Å². The van der Waals surface area contributed by atoms with Crippen LogP contribution in [0, 0.1) is 5.92 Å². The molecule has 3 rings (SSSR count). The Bertz CT molecular complexity index is 1020. The first kappa shape index (κ1) is 26.1. The Morgan fingerprint density at radius 2 is 1.63 bits per heavy atom. The molecule has 7 nitrogen and oxygen atoms in total. The topological polar surface area (TPSA) is 96.9 Å². The van der Waals surface area contributed by atoms with Gasteiger partial charge >= 0.3 is 6.18 Å². The van der Waals surface area contributed by atoms with Crippen LogP contribution in [-0.2, 0) is 4.79 Å². The van der Waals surface area contributed by atoms with Crippen molar-refractivity contribution in [3.63, 3.8) is 0 Å². The number of amides is 2. The van der Waals surface area contributed by atoms with Gasteiger partial charge in [0.05, 0.1) is 13.2 Å². The summed E-state index contributed by atoms with van der Waals surface area (Å²) in [5, 5.41) is 14.0. The van der Waals surface area contributed by atoms with Crippen molar-refractivity contribution in [2.75, 3.05) is 26.4 Å². The molecule has 3 N–H and O–H groups in total. The number of hydrogen-bond acceptors (Lipinski definition) is 5. The van der Waals surface area contributed by atoms with Crippen molar-refractivity contribution < 1.29 is 37.3 Å². The molecule has 0 aromatic heterocycles. The molecule has 2 aromatic carbocycles. The Balaban J connectivity index is 1.66. The predicted octanol–water partition coefficient (Wildman–Crippen LogP) is 3.69. The molecule has 0 atom stereocenters. The van der Waals surface area contributed by atoms with E-state index in [0.29, 0.717) is 23.5 Å². The van der Waals surface area contributed by atoms with E-state index in [2.05, 4.69) is 15.4 Å². The van der Waals surface area contributed by atoms with E-state index in [9.17, 15) is 22.8 Å². The second-order valence-corrected chi connectivity index (χ2v) is 8.07. The van der Waals surface area contributed by atoms with E-state index in [1.807, 2.05) is 0 Å². The van der Waals surface area contributed by atoms with Gasteiger partial charge in [-0.1, -0.05) is 25.0 Å². The summed E-state index contributed by atoms with van der Waals surface area (Å²) in [5.74, 6) is 0.237. The summed E-state index contributed by atoms with van der Waals surface area (Å²) in [6, 6.07) is 12.1. The van der Waals surface area contributed by atoms with E-state index in [-0.39, 0.29) is 24.6 Å². The summed E-state index contributed by atoms with van der Waals surface area (Å²) in [5.41, 5.74) is 0.645. The number of benzene rings is 2. The molecule has 0 bridgehead atoms. The third kappa shape index (κ3) is 9.32. The number of ether oxygens (including phenoxy) is 2. The summed E-state index contributed by atoms with van der Waals surface area (Å²) in [4.78, 5) is 25.2. The van der Waals surface area contributed by atoms with Gasteiger partial charge in [0, 0.05) is 12.1 Å². The standard InChI is InChI=1S/C25H27F3N2O5/c26-25(27,28)16-35-21-7-3-18(4-8-21)15-22(24(33)29-12-13-31)30-23(32)19-5-9-20(10-6-19)34-14-11-17-1-2-17/h3-10,15,17,31H,1-2,11-14,16H2,(H,29,33)(H,30,32)/b22-15+. The second-order valence-electron chi connectivity index (χ2n) is 8.07. The molecule has 1 saturated carbocycles. The highest BCUT2D eigenvalue weighted by atomic mass is 19.4. The lowest BCUT2D eigenvalue weighted by Crippen LogP contribution is -2.36. The lowest BCUT2D eigenvalue weighted by atomic mass is 10.1. The normalized spacial score (nSPS) is 13.8. The molecule has 1 aliphatic carbocycles. The van der Waals surface area contributed by atoms with Crippen molar-refractivity contribution >= 4 is 17.9 Å². The zero-order chi connectivity index (χ0) is 25.3. The fraction of sp³-hybridized carbons (Fsp3) is 0.360. The van der Waals surface area contributed by atoms with Gasteiger partial charge < -0.3 is 25.2 Å². The van der Waals surface area contributed by atoms with Crippen molar-refractivity contribution in [1.82, 2.24) is 10.6 Å². The number of aliphatic hydroxyl groups excluding tert-OH is 1. The summed E-state index contributed by atoms with van der Waals surface area (Å²) in [6.07, 6.45) is 0.421. The molecule has 188 valence electrons. The van der Waals surface area contributed by atoms with Gasteiger partial charge in [0.15, 0.2) is 6.61 Å². The fourth-order valence-corrected chi connectivity index (χ4v) is 3.06. The van der Waals surface area contributed by atoms with Gasteiger partial charge in [-0.3, -0.25) is 9.59 Å². The summed E-state index contributed by atoms with van der Waals surface area (Å²) in [7, 11) is 0. The highest BCUT2D eigenvalue weighted by Gasteiger charge is 2.28. The van der Waals surface area contributed by atoms with Crippen LogP contribution in [0.2, 0.25) is 0 Å². The summed E-state index contributed by atoms with van der Waals surface area (Å²) >= 11 is 0. The maximum atomic E-state index is 12.7. The Morgan fingerprint density at radius 1 is 1.00 bits per heavy atom. The quantitative estimate of drug-likeness (QED) is 0.393. The van der Waals surface area contributed by atoms with Crippen LogP contribution >= 0.6 is 0 Å². The largest absolute Gasteiger partial charge is 0.494 e. The van der Waals surface area contributed by atoms with Crippen LogP contribution in [0.3, 0.4) is 0 Å². The molecule has 0 radical (unpaired) electrons. The molecule has 0 aliphatic heterocycles. The van der Waals surface area contributed by atoms with Gasteiger partial charge in [-0.15, -0.1) is 0 Å². The number of carbonyl (C=O) groups excluding carboxylic acids is 2. The Morgan fingerprint density at radius 3 is 2.23 bits per heavy atom. The van der Waals surface area contributed by atoms with Crippen LogP contribution in [0.4, 0.5) is 13.2 Å². The van der Waals surface area contributed by atoms with E-state index in [1.165, 1.54) is 43.2 Å². The smallest absolute Gasteiger partial charge is 0.422 e. The molecule has 0 spiro atoms. The molecular formula is C25H27F3N2O5. The molecule has 0 heterocycles. The highest BCUT2D eigenvalue weighted by molar-refractivity contribution is 6.05. The minimum absolute atomic E-state index is 0.00855. The molecule has 1 fully saturated rings. The van der Waals surface area contributed by atoms with Crippen molar-refractivity contribution in [3.8, 4) is 11.5 Å². The van der Waals surface area contributed by atoms with Crippen molar-refractivity contribution in [2.24, 2.45) is 5.92 Å². The van der Waals surface area contributed by atoms with Crippen molar-refractivity contribution in [1.29, 1.82) is 0 Å². The molecule has 2 aromatic rings.